The zero-order chi connectivity index (χ0) is 13.1. The Hall–Kier alpha value is -1.43. The minimum absolute atomic E-state index is 0.240. The number of rotatable bonds is 2. The molecule has 1 nitrogen and oxygen atoms in total. The molecule has 0 aromatic heterocycles. The Bertz CT molecular complexity index is 445. The Morgan fingerprint density at radius 2 is 1.72 bits per heavy atom. The first-order valence-electron chi connectivity index (χ1n) is 6.54. The monoisotopic (exact) mass is 249 g/mol. The van der Waals surface area contributed by atoms with Crippen LogP contribution in [0.5, 0.6) is 0 Å². The second kappa shape index (κ2) is 5.48. The quantitative estimate of drug-likeness (QED) is 0.756. The summed E-state index contributed by atoms with van der Waals surface area (Å²) in [5, 5.41) is 8.64. The maximum Gasteiger partial charge on any atom is 0.144 e. The van der Waals surface area contributed by atoms with Crippen LogP contribution < -0.4 is 0 Å². The molecule has 3 heteroatoms. The molecule has 0 unspecified atom stereocenters. The van der Waals surface area contributed by atoms with Crippen LogP contribution in [0.3, 0.4) is 0 Å². The third-order valence-corrected chi connectivity index (χ3v) is 4.07. The van der Waals surface area contributed by atoms with E-state index in [0.29, 0.717) is 5.56 Å². The van der Waals surface area contributed by atoms with Crippen LogP contribution in [0.2, 0.25) is 0 Å². The molecule has 0 N–H and O–H groups in total. The summed E-state index contributed by atoms with van der Waals surface area (Å²) in [6.07, 6.45) is 5.42. The van der Waals surface area contributed by atoms with Crippen molar-refractivity contribution in [2.45, 2.75) is 44.9 Å². The van der Waals surface area contributed by atoms with Gasteiger partial charge in [0.1, 0.15) is 23.3 Å². The summed E-state index contributed by atoms with van der Waals surface area (Å²) in [5.41, 5.74) is 0.236. The molecule has 0 heterocycles. The number of nitriles is 1. The Morgan fingerprint density at radius 1 is 1.17 bits per heavy atom. The van der Waals surface area contributed by atoms with E-state index in [-0.39, 0.29) is 5.92 Å². The minimum Gasteiger partial charge on any atom is -0.205 e. The molecule has 0 aliphatic heterocycles. The molecule has 0 spiro atoms. The maximum atomic E-state index is 13.5. The summed E-state index contributed by atoms with van der Waals surface area (Å²) in [6, 6.07) is 4.22. The second-order valence-corrected chi connectivity index (χ2v) is 5.10. The maximum absolute atomic E-state index is 13.5. The van der Waals surface area contributed by atoms with Gasteiger partial charge in [-0.3, -0.25) is 0 Å². The summed E-state index contributed by atoms with van der Waals surface area (Å²) >= 11 is 0. The zero-order valence-corrected chi connectivity index (χ0v) is 10.5. The number of hydrogen-bond donors (Lipinski definition) is 0. The summed E-state index contributed by atoms with van der Waals surface area (Å²) in [6.45, 7) is 2.19. The third kappa shape index (κ3) is 2.53. The molecule has 18 heavy (non-hydrogen) atoms. The summed E-state index contributed by atoms with van der Waals surface area (Å²) in [4.78, 5) is 0. The fraction of sp³-hybridized carbons (Fsp3) is 0.533. The number of benzene rings is 1. The molecule has 0 amide bonds. The first kappa shape index (κ1) is 13.0. The summed E-state index contributed by atoms with van der Waals surface area (Å²) < 4.78 is 27.1. The SMILES string of the molecule is CC[C@H]1CC[C@H](c2cc(F)c(C#N)c(F)c2)CC1. The van der Waals surface area contributed by atoms with Gasteiger partial charge in [0.05, 0.1) is 0 Å². The molecule has 0 atom stereocenters. The molecule has 1 aliphatic carbocycles. The van der Waals surface area contributed by atoms with Crippen molar-refractivity contribution in [3.63, 3.8) is 0 Å². The van der Waals surface area contributed by atoms with Gasteiger partial charge in [-0.05, 0) is 55.2 Å². The van der Waals surface area contributed by atoms with Crippen molar-refractivity contribution < 1.29 is 8.78 Å². The lowest BCUT2D eigenvalue weighted by Crippen LogP contribution is -2.13. The van der Waals surface area contributed by atoms with Gasteiger partial charge in [0.25, 0.3) is 0 Å². The topological polar surface area (TPSA) is 23.8 Å². The molecule has 2 rings (SSSR count). The first-order chi connectivity index (χ1) is 8.65. The molecule has 1 aromatic rings. The highest BCUT2D eigenvalue weighted by Crippen LogP contribution is 2.37. The van der Waals surface area contributed by atoms with Crippen LogP contribution >= 0.6 is 0 Å². The van der Waals surface area contributed by atoms with Crippen molar-refractivity contribution >= 4 is 0 Å². The van der Waals surface area contributed by atoms with Gasteiger partial charge >= 0.3 is 0 Å². The minimum atomic E-state index is -0.731. The van der Waals surface area contributed by atoms with Crippen LogP contribution in [0.4, 0.5) is 8.78 Å². The lowest BCUT2D eigenvalue weighted by atomic mass is 9.77. The predicted molar refractivity (Wildman–Crippen MR) is 66.1 cm³/mol. The van der Waals surface area contributed by atoms with Crippen LogP contribution in [-0.4, -0.2) is 0 Å². The molecule has 1 aliphatic rings. The van der Waals surface area contributed by atoms with E-state index in [9.17, 15) is 8.78 Å². The van der Waals surface area contributed by atoms with Crippen LogP contribution in [0.25, 0.3) is 0 Å². The van der Waals surface area contributed by atoms with E-state index >= 15 is 0 Å². The van der Waals surface area contributed by atoms with Crippen molar-refractivity contribution in [2.75, 3.05) is 0 Å². The fourth-order valence-corrected chi connectivity index (χ4v) is 2.84. The van der Waals surface area contributed by atoms with Gasteiger partial charge in [-0.1, -0.05) is 13.3 Å². The Kier molecular flexibility index (Phi) is 3.96. The van der Waals surface area contributed by atoms with Gasteiger partial charge < -0.3 is 0 Å². The summed E-state index contributed by atoms with van der Waals surface area (Å²) in [7, 11) is 0. The van der Waals surface area contributed by atoms with E-state index in [4.69, 9.17) is 5.26 Å². The molecular weight excluding hydrogens is 232 g/mol. The van der Waals surface area contributed by atoms with Crippen molar-refractivity contribution in [1.29, 1.82) is 5.26 Å². The largest absolute Gasteiger partial charge is 0.205 e. The third-order valence-electron chi connectivity index (χ3n) is 4.07. The van der Waals surface area contributed by atoms with Crippen molar-refractivity contribution in [3.05, 3.63) is 34.9 Å². The Balaban J connectivity index is 2.18. The molecule has 0 bridgehead atoms. The van der Waals surface area contributed by atoms with Crippen molar-refractivity contribution in [1.82, 2.24) is 0 Å². The normalized spacial score (nSPS) is 23.7. The van der Waals surface area contributed by atoms with E-state index in [1.54, 1.807) is 6.07 Å². The van der Waals surface area contributed by atoms with Gasteiger partial charge in [-0.15, -0.1) is 0 Å². The number of hydrogen-bond acceptors (Lipinski definition) is 1. The Labute approximate surface area is 106 Å². The predicted octanol–water partition coefficient (Wildman–Crippen LogP) is 4.52. The first-order valence-corrected chi connectivity index (χ1v) is 6.54. The molecule has 1 aromatic carbocycles. The highest BCUT2D eigenvalue weighted by Gasteiger charge is 2.23. The molecule has 0 saturated heterocycles. The average Bonchev–Trinajstić information content (AvgIpc) is 2.38. The molecular formula is C15H17F2N. The zero-order valence-electron chi connectivity index (χ0n) is 10.5. The smallest absolute Gasteiger partial charge is 0.144 e. The van der Waals surface area contributed by atoms with Crippen LogP contribution in [-0.2, 0) is 0 Å². The van der Waals surface area contributed by atoms with Gasteiger partial charge in [-0.2, -0.15) is 5.26 Å². The van der Waals surface area contributed by atoms with Crippen LogP contribution in [0.15, 0.2) is 12.1 Å². The van der Waals surface area contributed by atoms with Crippen LogP contribution in [0, 0.1) is 28.9 Å². The standard InChI is InChI=1S/C15H17F2N/c1-2-10-3-5-11(6-4-10)12-7-14(16)13(9-18)15(17)8-12/h7-8,10-11H,2-6H2,1H3/t10-,11-. The highest BCUT2D eigenvalue weighted by atomic mass is 19.1. The highest BCUT2D eigenvalue weighted by molar-refractivity contribution is 5.36. The van der Waals surface area contributed by atoms with Gasteiger partial charge in [0.15, 0.2) is 0 Å². The van der Waals surface area contributed by atoms with Gasteiger partial charge in [-0.25, -0.2) is 8.78 Å². The van der Waals surface area contributed by atoms with Crippen LogP contribution in [0.1, 0.15) is 56.1 Å². The molecule has 0 radical (unpaired) electrons. The number of nitrogens with zero attached hydrogens (tertiary/aromatic N) is 1. The van der Waals surface area contributed by atoms with E-state index in [1.165, 1.54) is 18.6 Å². The van der Waals surface area contributed by atoms with E-state index in [0.717, 1.165) is 31.6 Å². The molecule has 1 saturated carbocycles. The second-order valence-electron chi connectivity index (χ2n) is 5.10. The Morgan fingerprint density at radius 3 is 2.17 bits per heavy atom. The van der Waals surface area contributed by atoms with Crippen molar-refractivity contribution in [2.24, 2.45) is 5.92 Å². The van der Waals surface area contributed by atoms with Crippen molar-refractivity contribution in [3.8, 4) is 6.07 Å². The van der Waals surface area contributed by atoms with E-state index < -0.39 is 17.2 Å². The fourth-order valence-electron chi connectivity index (χ4n) is 2.84. The number of halogens is 2. The van der Waals surface area contributed by atoms with E-state index in [2.05, 4.69) is 6.92 Å². The lowest BCUT2D eigenvalue weighted by Gasteiger charge is -2.28. The lowest BCUT2D eigenvalue weighted by molar-refractivity contribution is 0.318. The van der Waals surface area contributed by atoms with E-state index in [1.807, 2.05) is 0 Å². The van der Waals surface area contributed by atoms with Gasteiger partial charge in [0, 0.05) is 0 Å². The summed E-state index contributed by atoms with van der Waals surface area (Å²) in [5.74, 6) is -0.464. The molecule has 1 fully saturated rings. The molecule has 96 valence electrons. The average molecular weight is 249 g/mol. The van der Waals surface area contributed by atoms with Gasteiger partial charge in [0.2, 0.25) is 0 Å².